The summed E-state index contributed by atoms with van der Waals surface area (Å²) >= 11 is 1.60. The number of aromatic amines is 1. The quantitative estimate of drug-likeness (QED) is 0.431. The van der Waals surface area contributed by atoms with Crippen molar-refractivity contribution in [3.8, 4) is 0 Å². The first-order valence-electron chi connectivity index (χ1n) is 7.03. The number of nitrogens with zero attached hydrogens (tertiary/aromatic N) is 2. The van der Waals surface area contributed by atoms with E-state index in [1.165, 1.54) is 5.39 Å². The fraction of sp³-hybridized carbons (Fsp3) is 0.0588. The molecule has 0 unspecified atom stereocenters. The number of anilines is 1. The number of hydrogen-bond donors (Lipinski definition) is 2. The second kappa shape index (κ2) is 5.27. The van der Waals surface area contributed by atoms with Gasteiger partial charge in [0, 0.05) is 22.2 Å². The molecule has 0 radical (unpaired) electrons. The van der Waals surface area contributed by atoms with E-state index in [4.69, 9.17) is 0 Å². The third-order valence-corrected chi connectivity index (χ3v) is 4.53. The molecule has 0 saturated carbocycles. The lowest BCUT2D eigenvalue weighted by Crippen LogP contribution is -1.90. The third kappa shape index (κ3) is 2.25. The molecule has 5 heteroatoms. The monoisotopic (exact) mass is 306 g/mol. The summed E-state index contributed by atoms with van der Waals surface area (Å²) < 4.78 is 1.16. The van der Waals surface area contributed by atoms with Crippen LogP contribution < -0.4 is 5.43 Å². The van der Waals surface area contributed by atoms with E-state index in [0.717, 1.165) is 32.1 Å². The summed E-state index contributed by atoms with van der Waals surface area (Å²) in [6.45, 7) is 2.05. The van der Waals surface area contributed by atoms with Gasteiger partial charge in [-0.15, -0.1) is 0 Å². The molecule has 0 aliphatic carbocycles. The van der Waals surface area contributed by atoms with E-state index < -0.39 is 0 Å². The number of para-hydroxylation sites is 2. The van der Waals surface area contributed by atoms with Gasteiger partial charge < -0.3 is 4.98 Å². The maximum absolute atomic E-state index is 4.50. The summed E-state index contributed by atoms with van der Waals surface area (Å²) in [5.41, 5.74) is 7.36. The average molecular weight is 306 g/mol. The molecule has 4 nitrogen and oxygen atoms in total. The number of hydrogen-bond acceptors (Lipinski definition) is 4. The lowest BCUT2D eigenvalue weighted by atomic mass is 10.1. The van der Waals surface area contributed by atoms with Gasteiger partial charge in [-0.05, 0) is 25.1 Å². The van der Waals surface area contributed by atoms with Crippen LogP contribution in [0.15, 0.2) is 53.6 Å². The van der Waals surface area contributed by atoms with Crippen LogP contribution in [0.1, 0.15) is 11.3 Å². The molecule has 0 aliphatic heterocycles. The first-order valence-corrected chi connectivity index (χ1v) is 7.85. The Morgan fingerprint density at radius 2 is 1.95 bits per heavy atom. The Bertz CT molecular complexity index is 948. The Morgan fingerprint density at radius 3 is 2.86 bits per heavy atom. The van der Waals surface area contributed by atoms with Crippen LogP contribution in [0.2, 0.25) is 0 Å². The summed E-state index contributed by atoms with van der Waals surface area (Å²) in [6, 6.07) is 16.3. The summed E-state index contributed by atoms with van der Waals surface area (Å²) in [6.07, 6.45) is 1.85. The van der Waals surface area contributed by atoms with Crippen LogP contribution in [0, 0.1) is 6.92 Å². The van der Waals surface area contributed by atoms with Crippen molar-refractivity contribution >= 4 is 43.8 Å². The molecular weight excluding hydrogens is 292 g/mol. The third-order valence-electron chi connectivity index (χ3n) is 3.59. The van der Waals surface area contributed by atoms with Gasteiger partial charge in [0.25, 0.3) is 0 Å². The van der Waals surface area contributed by atoms with E-state index in [1.54, 1.807) is 11.3 Å². The molecule has 0 bridgehead atoms. The van der Waals surface area contributed by atoms with E-state index in [-0.39, 0.29) is 0 Å². The Labute approximate surface area is 131 Å². The van der Waals surface area contributed by atoms with Crippen LogP contribution in [0.5, 0.6) is 0 Å². The molecule has 0 atom stereocenters. The lowest BCUT2D eigenvalue weighted by molar-refractivity contribution is 1.28. The molecule has 4 rings (SSSR count). The average Bonchev–Trinajstić information content (AvgIpc) is 3.08. The molecule has 2 N–H and O–H groups in total. The van der Waals surface area contributed by atoms with Crippen molar-refractivity contribution < 1.29 is 0 Å². The van der Waals surface area contributed by atoms with E-state index >= 15 is 0 Å². The molecule has 0 amide bonds. The highest BCUT2D eigenvalue weighted by atomic mass is 32.1. The van der Waals surface area contributed by atoms with E-state index in [1.807, 2.05) is 36.5 Å². The molecule has 0 saturated heterocycles. The zero-order valence-electron chi connectivity index (χ0n) is 12.0. The Kier molecular flexibility index (Phi) is 3.12. The highest BCUT2D eigenvalue weighted by Crippen LogP contribution is 2.25. The van der Waals surface area contributed by atoms with Crippen molar-refractivity contribution in [2.45, 2.75) is 6.92 Å². The summed E-state index contributed by atoms with van der Waals surface area (Å²) in [5, 5.41) is 6.32. The highest BCUT2D eigenvalue weighted by Gasteiger charge is 2.05. The topological polar surface area (TPSA) is 53.1 Å². The minimum Gasteiger partial charge on any atom is -0.358 e. The van der Waals surface area contributed by atoms with Gasteiger partial charge in [0.1, 0.15) is 0 Å². The van der Waals surface area contributed by atoms with Crippen LogP contribution in [0.4, 0.5) is 5.13 Å². The zero-order chi connectivity index (χ0) is 14.9. The molecule has 0 fully saturated rings. The molecule has 4 aromatic rings. The summed E-state index contributed by atoms with van der Waals surface area (Å²) in [5.74, 6) is 0. The van der Waals surface area contributed by atoms with E-state index in [0.29, 0.717) is 0 Å². The summed E-state index contributed by atoms with van der Waals surface area (Å²) in [7, 11) is 0. The number of fused-ring (bicyclic) bond motifs is 2. The number of nitrogens with one attached hydrogen (secondary N) is 2. The normalized spacial score (nSPS) is 11.7. The van der Waals surface area contributed by atoms with Crippen molar-refractivity contribution in [2.75, 3.05) is 5.43 Å². The second-order valence-corrected chi connectivity index (χ2v) is 6.10. The number of aryl methyl sites for hydroxylation is 1. The fourth-order valence-electron chi connectivity index (χ4n) is 2.54. The summed E-state index contributed by atoms with van der Waals surface area (Å²) in [4.78, 5) is 7.87. The number of rotatable bonds is 3. The van der Waals surface area contributed by atoms with Crippen molar-refractivity contribution in [2.24, 2.45) is 5.10 Å². The van der Waals surface area contributed by atoms with Crippen LogP contribution in [0.25, 0.3) is 21.1 Å². The number of hydrazone groups is 1. The van der Waals surface area contributed by atoms with E-state index in [2.05, 4.69) is 45.6 Å². The Hall–Kier alpha value is -2.66. The number of thiazole rings is 1. The molecule has 108 valence electrons. The Morgan fingerprint density at radius 1 is 1.14 bits per heavy atom. The van der Waals surface area contributed by atoms with Gasteiger partial charge >= 0.3 is 0 Å². The van der Waals surface area contributed by atoms with Crippen molar-refractivity contribution in [1.29, 1.82) is 0 Å². The number of H-pyrrole nitrogens is 1. The minimum absolute atomic E-state index is 0.801. The Balaban J connectivity index is 1.62. The molecule has 2 aromatic heterocycles. The zero-order valence-corrected chi connectivity index (χ0v) is 12.8. The van der Waals surface area contributed by atoms with Crippen LogP contribution in [-0.4, -0.2) is 16.2 Å². The van der Waals surface area contributed by atoms with Crippen LogP contribution in [0.3, 0.4) is 0 Å². The van der Waals surface area contributed by atoms with Crippen molar-refractivity contribution in [3.05, 3.63) is 59.8 Å². The van der Waals surface area contributed by atoms with Gasteiger partial charge in [-0.1, -0.05) is 41.7 Å². The van der Waals surface area contributed by atoms with Crippen LogP contribution in [-0.2, 0) is 0 Å². The smallest absolute Gasteiger partial charge is 0.204 e. The van der Waals surface area contributed by atoms with Gasteiger partial charge in [0.2, 0.25) is 5.13 Å². The number of benzene rings is 2. The maximum atomic E-state index is 4.50. The fourth-order valence-corrected chi connectivity index (χ4v) is 3.35. The largest absolute Gasteiger partial charge is 0.358 e. The standard InChI is InChI=1S/C17H14N4S/c1-11-13(12-6-2-3-7-14(12)19-11)10-18-21-17-20-15-8-4-5-9-16(15)22-17/h2-10,19H,1H3,(H,20,21)/b18-10+. The predicted octanol–water partition coefficient (Wildman–Crippen LogP) is 4.53. The molecular formula is C17H14N4S. The predicted molar refractivity (Wildman–Crippen MR) is 93.9 cm³/mol. The van der Waals surface area contributed by atoms with Gasteiger partial charge in [-0.3, -0.25) is 5.43 Å². The van der Waals surface area contributed by atoms with E-state index in [9.17, 15) is 0 Å². The molecule has 22 heavy (non-hydrogen) atoms. The molecule has 2 aromatic carbocycles. The minimum atomic E-state index is 0.801. The van der Waals surface area contributed by atoms with Crippen molar-refractivity contribution in [1.82, 2.24) is 9.97 Å². The van der Waals surface area contributed by atoms with Gasteiger partial charge in [-0.2, -0.15) is 5.10 Å². The number of aromatic nitrogens is 2. The van der Waals surface area contributed by atoms with Gasteiger partial charge in [0.05, 0.1) is 16.4 Å². The first-order chi connectivity index (χ1) is 10.8. The van der Waals surface area contributed by atoms with Crippen LogP contribution >= 0.6 is 11.3 Å². The van der Waals surface area contributed by atoms with Gasteiger partial charge in [-0.25, -0.2) is 4.98 Å². The second-order valence-electron chi connectivity index (χ2n) is 5.07. The first kappa shape index (κ1) is 13.0. The maximum Gasteiger partial charge on any atom is 0.204 e. The SMILES string of the molecule is Cc1[nH]c2ccccc2c1/C=N/Nc1nc2ccccc2s1. The highest BCUT2D eigenvalue weighted by molar-refractivity contribution is 7.22. The molecule has 0 aliphatic rings. The molecule has 0 spiro atoms. The molecule has 2 heterocycles. The lowest BCUT2D eigenvalue weighted by Gasteiger charge is -1.94. The van der Waals surface area contributed by atoms with Crippen molar-refractivity contribution in [3.63, 3.8) is 0 Å². The van der Waals surface area contributed by atoms with Gasteiger partial charge in [0.15, 0.2) is 0 Å².